The van der Waals surface area contributed by atoms with Gasteiger partial charge in [-0.1, -0.05) is 19.1 Å². The predicted octanol–water partition coefficient (Wildman–Crippen LogP) is 6.36. The van der Waals surface area contributed by atoms with Crippen molar-refractivity contribution in [1.82, 2.24) is 19.8 Å². The number of aromatic nitrogens is 2. The third kappa shape index (κ3) is 5.18. The number of nitrogens with zero attached hydrogens (tertiary/aromatic N) is 7. The predicted molar refractivity (Wildman–Crippen MR) is 174 cm³/mol. The van der Waals surface area contributed by atoms with Crippen molar-refractivity contribution in [3.05, 3.63) is 53.2 Å². The van der Waals surface area contributed by atoms with Gasteiger partial charge in [0.1, 0.15) is 4.90 Å². The molecule has 2 aromatic carbocycles. The fourth-order valence-electron chi connectivity index (χ4n) is 6.83. The minimum absolute atomic E-state index is 0.195. The van der Waals surface area contributed by atoms with Crippen molar-refractivity contribution < 1.29 is 3.89 Å². The van der Waals surface area contributed by atoms with Crippen molar-refractivity contribution >= 4 is 58.8 Å². The highest BCUT2D eigenvalue weighted by Gasteiger charge is 2.36. The number of aryl methyl sites for hydroxylation is 2. The summed E-state index contributed by atoms with van der Waals surface area (Å²) in [5, 5.41) is 3.49. The molecule has 0 saturated carbocycles. The van der Waals surface area contributed by atoms with Crippen molar-refractivity contribution in [2.45, 2.75) is 50.5 Å². The van der Waals surface area contributed by atoms with E-state index < -0.39 is 0 Å². The van der Waals surface area contributed by atoms with Crippen LogP contribution in [0.5, 0.6) is 0 Å². The number of likely N-dealkylation sites (N-methyl/N-ethyl adjacent to an activating group) is 1. The van der Waals surface area contributed by atoms with Gasteiger partial charge < -0.3 is 15.1 Å². The molecule has 0 bridgehead atoms. The first-order valence-electron chi connectivity index (χ1n) is 15.1. The number of rotatable bonds is 7. The van der Waals surface area contributed by atoms with Crippen LogP contribution in [0.1, 0.15) is 36.5 Å². The van der Waals surface area contributed by atoms with Gasteiger partial charge in [-0.15, -0.1) is 0 Å². The van der Waals surface area contributed by atoms with Gasteiger partial charge in [0.25, 0.3) is 0 Å². The summed E-state index contributed by atoms with van der Waals surface area (Å²) < 4.78 is 18.4. The Morgan fingerprint density at radius 3 is 2.62 bits per heavy atom. The van der Waals surface area contributed by atoms with E-state index in [0.717, 1.165) is 43.9 Å². The van der Waals surface area contributed by atoms with E-state index >= 15 is 0 Å². The van der Waals surface area contributed by atoms with Gasteiger partial charge in [0.2, 0.25) is 5.95 Å². The quantitative estimate of drug-likeness (QED) is 0.308. The SMILES string of the molecule is CCc1cc(N2CCC(N3CCN(C)CC3)CC2)c(C)cc1Nc1ncc(SF)c(N2SN3CCc4cccc2c43)n1. The third-order valence-corrected chi connectivity index (χ3v) is 10.8. The number of nitrogens with one attached hydrogen (secondary N) is 1. The largest absolute Gasteiger partial charge is 0.371 e. The molecule has 0 unspecified atom stereocenters. The lowest BCUT2D eigenvalue weighted by molar-refractivity contribution is 0.0982. The van der Waals surface area contributed by atoms with E-state index in [0.29, 0.717) is 22.7 Å². The minimum atomic E-state index is 0.195. The van der Waals surface area contributed by atoms with Crippen LogP contribution in [0.15, 0.2) is 41.4 Å². The molecule has 5 heterocycles. The van der Waals surface area contributed by atoms with E-state index in [2.05, 4.69) is 80.5 Å². The summed E-state index contributed by atoms with van der Waals surface area (Å²) in [6, 6.07) is 11.6. The molecule has 222 valence electrons. The summed E-state index contributed by atoms with van der Waals surface area (Å²) in [7, 11) is 2.23. The normalized spacial score (nSPS) is 19.6. The topological polar surface area (TPSA) is 54.0 Å². The maximum Gasteiger partial charge on any atom is 0.229 e. The maximum absolute atomic E-state index is 14.1. The Morgan fingerprint density at radius 1 is 1.05 bits per heavy atom. The van der Waals surface area contributed by atoms with Crippen LogP contribution < -0.4 is 18.8 Å². The van der Waals surface area contributed by atoms with Crippen LogP contribution in [0.25, 0.3) is 0 Å². The van der Waals surface area contributed by atoms with Gasteiger partial charge in [0.15, 0.2) is 5.82 Å². The van der Waals surface area contributed by atoms with Gasteiger partial charge in [-0.25, -0.2) is 9.29 Å². The van der Waals surface area contributed by atoms with Gasteiger partial charge in [-0.3, -0.25) is 9.21 Å². The molecule has 8 nitrogen and oxygen atoms in total. The number of para-hydroxylation sites is 1. The Balaban J connectivity index is 1.10. The Hall–Kier alpha value is -2.73. The van der Waals surface area contributed by atoms with Crippen molar-refractivity contribution in [3.63, 3.8) is 0 Å². The number of benzene rings is 2. The number of piperidine rings is 1. The molecule has 4 aliphatic rings. The maximum atomic E-state index is 14.1. The Morgan fingerprint density at radius 2 is 1.86 bits per heavy atom. The standard InChI is InChI=1S/C31H39FN8S2/c1-4-22-19-27(38-11-9-24(10-12-38)37-16-14-36(3)15-17-37)21(2)18-25(22)34-31-33-20-28(41-32)30(35-31)40-26-7-5-6-23-8-13-39(42-40)29(23)26/h5-7,18-20,24H,4,8-17H2,1-3H3,(H,33,34,35). The summed E-state index contributed by atoms with van der Waals surface area (Å²) >= 11 is 1.78. The average molecular weight is 607 g/mol. The highest BCUT2D eigenvalue weighted by molar-refractivity contribution is 8.02. The fraction of sp³-hybridized carbons (Fsp3) is 0.484. The van der Waals surface area contributed by atoms with E-state index in [-0.39, 0.29) is 12.1 Å². The highest BCUT2D eigenvalue weighted by Crippen LogP contribution is 2.54. The van der Waals surface area contributed by atoms with Gasteiger partial charge >= 0.3 is 0 Å². The fourth-order valence-corrected chi connectivity index (χ4v) is 8.30. The molecule has 0 atom stereocenters. The smallest absolute Gasteiger partial charge is 0.229 e. The molecule has 0 radical (unpaired) electrons. The molecule has 11 heteroatoms. The van der Waals surface area contributed by atoms with Crippen LogP contribution in [-0.4, -0.2) is 78.7 Å². The molecule has 42 heavy (non-hydrogen) atoms. The summed E-state index contributed by atoms with van der Waals surface area (Å²) in [6.07, 6.45) is 5.96. The molecule has 2 fully saturated rings. The molecule has 2 saturated heterocycles. The molecule has 0 amide bonds. The zero-order valence-corrected chi connectivity index (χ0v) is 26.3. The second-order valence-electron chi connectivity index (χ2n) is 11.8. The van der Waals surface area contributed by atoms with Crippen LogP contribution in [0, 0.1) is 6.92 Å². The van der Waals surface area contributed by atoms with Crippen LogP contribution >= 0.6 is 24.3 Å². The summed E-state index contributed by atoms with van der Waals surface area (Å²) in [6.45, 7) is 12.3. The first kappa shape index (κ1) is 28.1. The summed E-state index contributed by atoms with van der Waals surface area (Å²) in [4.78, 5) is 17.5. The monoisotopic (exact) mass is 606 g/mol. The third-order valence-electron chi connectivity index (χ3n) is 9.25. The molecule has 3 aromatic rings. The molecule has 1 aromatic heterocycles. The first-order chi connectivity index (χ1) is 20.5. The first-order valence-corrected chi connectivity index (χ1v) is 16.6. The number of hydrogen-bond donors (Lipinski definition) is 1. The second kappa shape index (κ2) is 11.7. The number of halogens is 1. The minimum Gasteiger partial charge on any atom is -0.371 e. The molecular weight excluding hydrogens is 568 g/mol. The van der Waals surface area contributed by atoms with Gasteiger partial charge in [-0.2, -0.15) is 8.87 Å². The zero-order valence-electron chi connectivity index (χ0n) is 24.6. The summed E-state index contributed by atoms with van der Waals surface area (Å²) in [5.41, 5.74) is 8.43. The molecule has 4 aliphatic heterocycles. The highest BCUT2D eigenvalue weighted by atomic mass is 32.2. The molecule has 1 N–H and O–H groups in total. The van der Waals surface area contributed by atoms with E-state index in [1.165, 1.54) is 67.1 Å². The average Bonchev–Trinajstić information content (AvgIpc) is 3.61. The van der Waals surface area contributed by atoms with Crippen LogP contribution in [-0.2, 0) is 12.8 Å². The van der Waals surface area contributed by atoms with Crippen LogP contribution in [0.2, 0.25) is 0 Å². The van der Waals surface area contributed by atoms with Crippen molar-refractivity contribution in [1.29, 1.82) is 0 Å². The Kier molecular flexibility index (Phi) is 7.85. The van der Waals surface area contributed by atoms with Crippen molar-refractivity contribution in [2.24, 2.45) is 0 Å². The number of piperazine rings is 1. The summed E-state index contributed by atoms with van der Waals surface area (Å²) in [5.74, 6) is 1.05. The van der Waals surface area contributed by atoms with Crippen LogP contribution in [0.3, 0.4) is 0 Å². The number of hydrogen-bond acceptors (Lipinski definition) is 10. The number of anilines is 6. The molecular formula is C31H39FN8S2. The molecule has 0 spiro atoms. The van der Waals surface area contributed by atoms with Gasteiger partial charge in [0.05, 0.1) is 41.9 Å². The van der Waals surface area contributed by atoms with Gasteiger partial charge in [0, 0.05) is 63.2 Å². The Bertz CT molecular complexity index is 1460. The van der Waals surface area contributed by atoms with E-state index in [1.807, 2.05) is 4.31 Å². The molecule has 7 rings (SSSR count). The lowest BCUT2D eigenvalue weighted by Crippen LogP contribution is -2.52. The van der Waals surface area contributed by atoms with Crippen LogP contribution in [0.4, 0.5) is 38.4 Å². The Labute approximate surface area is 257 Å². The zero-order chi connectivity index (χ0) is 28.8. The van der Waals surface area contributed by atoms with Crippen molar-refractivity contribution in [3.8, 4) is 0 Å². The van der Waals surface area contributed by atoms with Crippen molar-refractivity contribution in [2.75, 3.05) is 71.7 Å². The van der Waals surface area contributed by atoms with E-state index in [4.69, 9.17) is 4.98 Å². The van der Waals surface area contributed by atoms with Gasteiger partial charge in [-0.05, 0) is 74.5 Å². The van der Waals surface area contributed by atoms with E-state index in [1.54, 1.807) is 18.3 Å². The second-order valence-corrected chi connectivity index (χ2v) is 13.4. The molecule has 0 aliphatic carbocycles. The lowest BCUT2D eigenvalue weighted by Gasteiger charge is -2.43. The van der Waals surface area contributed by atoms with E-state index in [9.17, 15) is 3.89 Å². The lowest BCUT2D eigenvalue weighted by atomic mass is 9.99.